The Morgan fingerprint density at radius 3 is 1.35 bits per heavy atom. The highest BCUT2D eigenvalue weighted by Gasteiger charge is 2.23. The second kappa shape index (κ2) is 11.5. The van der Waals surface area contributed by atoms with Gasteiger partial charge in [0.25, 0.3) is 0 Å². The molecular weight excluding hydrogens is 408 g/mol. The lowest BCUT2D eigenvalue weighted by Crippen LogP contribution is -2.10. The summed E-state index contributed by atoms with van der Waals surface area (Å²) in [6.07, 6.45) is -0.0747. The van der Waals surface area contributed by atoms with E-state index in [2.05, 4.69) is 23.7 Å². The largest absolute Gasteiger partial charge is 0.493 e. The predicted molar refractivity (Wildman–Crippen MR) is 127 cm³/mol. The van der Waals surface area contributed by atoms with E-state index in [-0.39, 0.29) is 12.2 Å². The zero-order chi connectivity index (χ0) is 23.0. The summed E-state index contributed by atoms with van der Waals surface area (Å²) in [4.78, 5) is 1.70. The van der Waals surface area contributed by atoms with Crippen molar-refractivity contribution < 1.29 is 18.9 Å². The van der Waals surface area contributed by atoms with E-state index in [9.17, 15) is 0 Å². The topological polar surface area (TPSA) is 36.9 Å². The van der Waals surface area contributed by atoms with E-state index < -0.39 is 0 Å². The normalized spacial score (nSPS) is 10.1. The van der Waals surface area contributed by atoms with E-state index in [0.717, 1.165) is 20.9 Å². The van der Waals surface area contributed by atoms with Crippen LogP contribution in [0.15, 0.2) is 34.1 Å². The summed E-state index contributed by atoms with van der Waals surface area (Å²) in [6, 6.07) is 7.65. The Morgan fingerprint density at radius 2 is 1.06 bits per heavy atom. The van der Waals surface area contributed by atoms with Crippen molar-refractivity contribution in [1.29, 1.82) is 0 Å². The van der Waals surface area contributed by atoms with Crippen LogP contribution in [0.3, 0.4) is 0 Å². The average molecular weight is 439 g/mol. The fraction of sp³-hybridized carbons (Fsp3) is 0.385. The lowest BCUT2D eigenvalue weighted by molar-refractivity contribution is 0.223. The number of benzene rings is 2. The van der Waals surface area contributed by atoms with Crippen molar-refractivity contribution in [2.75, 3.05) is 14.2 Å². The van der Waals surface area contributed by atoms with Gasteiger partial charge in [-0.25, -0.2) is 0 Å². The number of ether oxygens (including phenoxy) is 4. The van der Waals surface area contributed by atoms with E-state index in [1.807, 2.05) is 65.8 Å². The SMILES string of the molecule is CC#Cc1ccc(OC)c(OC(C)C)c1Sc1c(C#CC)ccc(OC)c1OC(C)C. The Bertz CT molecular complexity index is 950. The van der Waals surface area contributed by atoms with Gasteiger partial charge in [0.05, 0.1) is 36.2 Å². The maximum Gasteiger partial charge on any atom is 0.176 e. The number of hydrogen-bond acceptors (Lipinski definition) is 5. The van der Waals surface area contributed by atoms with Crippen LogP contribution in [0.5, 0.6) is 23.0 Å². The third-order valence-electron chi connectivity index (χ3n) is 4.02. The van der Waals surface area contributed by atoms with Crippen molar-refractivity contribution in [2.24, 2.45) is 0 Å². The zero-order valence-corrected chi connectivity index (χ0v) is 20.3. The van der Waals surface area contributed by atoms with E-state index in [0.29, 0.717) is 23.0 Å². The first kappa shape index (κ1) is 24.4. The Hall–Kier alpha value is -2.89. The maximum atomic E-state index is 6.18. The highest BCUT2D eigenvalue weighted by molar-refractivity contribution is 7.99. The van der Waals surface area contributed by atoms with Gasteiger partial charge in [-0.15, -0.1) is 11.8 Å². The van der Waals surface area contributed by atoms with Crippen LogP contribution in [0.25, 0.3) is 0 Å². The first-order chi connectivity index (χ1) is 14.9. The van der Waals surface area contributed by atoms with Gasteiger partial charge in [-0.1, -0.05) is 23.6 Å². The summed E-state index contributed by atoms with van der Waals surface area (Å²) in [7, 11) is 3.27. The van der Waals surface area contributed by atoms with Gasteiger partial charge in [0.1, 0.15) is 0 Å². The molecule has 5 heteroatoms. The molecule has 0 fully saturated rings. The molecule has 164 valence electrons. The number of methoxy groups -OCH3 is 2. The van der Waals surface area contributed by atoms with E-state index in [1.165, 1.54) is 11.8 Å². The van der Waals surface area contributed by atoms with Gasteiger partial charge in [-0.3, -0.25) is 0 Å². The molecule has 0 aromatic heterocycles. The van der Waals surface area contributed by atoms with Crippen LogP contribution in [0.4, 0.5) is 0 Å². The standard InChI is InChI=1S/C26H30O4S/c1-9-11-19-13-15-21(27-7)23(29-17(3)4)25(19)31-26-20(12-10-2)14-16-22(28-8)24(26)30-18(5)6/h13-18H,1-8H3. The molecule has 0 aliphatic rings. The van der Waals surface area contributed by atoms with Gasteiger partial charge in [-0.05, 0) is 65.8 Å². The molecule has 0 radical (unpaired) electrons. The molecule has 0 amide bonds. The first-order valence-corrected chi connectivity index (χ1v) is 11.0. The molecule has 0 aliphatic heterocycles. The van der Waals surface area contributed by atoms with Crippen LogP contribution in [0, 0.1) is 23.7 Å². The molecule has 0 saturated heterocycles. The lowest BCUT2D eigenvalue weighted by atomic mass is 10.2. The van der Waals surface area contributed by atoms with Crippen LogP contribution in [0.2, 0.25) is 0 Å². The van der Waals surface area contributed by atoms with Crippen molar-refractivity contribution in [3.05, 3.63) is 35.4 Å². The molecule has 2 aromatic carbocycles. The minimum atomic E-state index is -0.0373. The fourth-order valence-electron chi connectivity index (χ4n) is 2.88. The third-order valence-corrected chi connectivity index (χ3v) is 5.24. The Labute approximate surface area is 190 Å². The molecule has 0 bridgehead atoms. The second-order valence-electron chi connectivity index (χ2n) is 7.13. The third kappa shape index (κ3) is 6.06. The first-order valence-electron chi connectivity index (χ1n) is 10.1. The van der Waals surface area contributed by atoms with E-state index in [1.54, 1.807) is 14.2 Å². The molecule has 0 atom stereocenters. The molecule has 0 spiro atoms. The van der Waals surface area contributed by atoms with Crippen molar-refractivity contribution in [2.45, 2.75) is 63.5 Å². The summed E-state index contributed by atoms with van der Waals surface area (Å²) >= 11 is 1.50. The second-order valence-corrected chi connectivity index (χ2v) is 8.15. The quantitative estimate of drug-likeness (QED) is 0.461. The van der Waals surface area contributed by atoms with Gasteiger partial charge in [0.2, 0.25) is 0 Å². The van der Waals surface area contributed by atoms with Crippen LogP contribution >= 0.6 is 11.8 Å². The molecular formula is C26H30O4S. The summed E-state index contributed by atoms with van der Waals surface area (Å²) in [6.45, 7) is 11.6. The van der Waals surface area contributed by atoms with E-state index >= 15 is 0 Å². The molecule has 4 nitrogen and oxygen atoms in total. The van der Waals surface area contributed by atoms with E-state index in [4.69, 9.17) is 18.9 Å². The minimum absolute atomic E-state index is 0.0373. The van der Waals surface area contributed by atoms with Crippen molar-refractivity contribution in [1.82, 2.24) is 0 Å². The molecule has 31 heavy (non-hydrogen) atoms. The fourth-order valence-corrected chi connectivity index (χ4v) is 4.02. The van der Waals surface area contributed by atoms with Crippen LogP contribution in [-0.2, 0) is 0 Å². The highest BCUT2D eigenvalue weighted by Crippen LogP contribution is 2.49. The summed E-state index contributed by atoms with van der Waals surface area (Å²) < 4.78 is 23.6. The molecule has 2 aromatic rings. The molecule has 0 aliphatic carbocycles. The molecule has 0 unspecified atom stereocenters. The van der Waals surface area contributed by atoms with Gasteiger partial charge in [0, 0.05) is 11.1 Å². The van der Waals surface area contributed by atoms with Crippen molar-refractivity contribution >= 4 is 11.8 Å². The molecule has 0 heterocycles. The summed E-state index contributed by atoms with van der Waals surface area (Å²) in [5.41, 5.74) is 1.69. The monoisotopic (exact) mass is 438 g/mol. The van der Waals surface area contributed by atoms with Crippen LogP contribution in [0.1, 0.15) is 52.7 Å². The zero-order valence-electron chi connectivity index (χ0n) is 19.5. The number of hydrogen-bond donors (Lipinski definition) is 0. The minimum Gasteiger partial charge on any atom is -0.493 e. The smallest absolute Gasteiger partial charge is 0.176 e. The van der Waals surface area contributed by atoms with Crippen molar-refractivity contribution in [3.8, 4) is 46.7 Å². The van der Waals surface area contributed by atoms with Gasteiger partial charge in [-0.2, -0.15) is 0 Å². The van der Waals surface area contributed by atoms with Crippen LogP contribution in [-0.4, -0.2) is 26.4 Å². The maximum absolute atomic E-state index is 6.18. The van der Waals surface area contributed by atoms with Gasteiger partial charge >= 0.3 is 0 Å². The highest BCUT2D eigenvalue weighted by atomic mass is 32.2. The number of rotatable bonds is 8. The molecule has 0 saturated carbocycles. The summed E-state index contributed by atoms with van der Waals surface area (Å²) in [5, 5.41) is 0. The van der Waals surface area contributed by atoms with Crippen molar-refractivity contribution in [3.63, 3.8) is 0 Å². The Balaban J connectivity index is 2.83. The Kier molecular flexibility index (Phi) is 9.03. The van der Waals surface area contributed by atoms with Gasteiger partial charge in [0.15, 0.2) is 23.0 Å². The Morgan fingerprint density at radius 1 is 0.677 bits per heavy atom. The lowest BCUT2D eigenvalue weighted by Gasteiger charge is -2.21. The summed E-state index contributed by atoms with van der Waals surface area (Å²) in [5.74, 6) is 15.0. The van der Waals surface area contributed by atoms with Gasteiger partial charge < -0.3 is 18.9 Å². The van der Waals surface area contributed by atoms with Crippen LogP contribution < -0.4 is 18.9 Å². The predicted octanol–water partition coefficient (Wildman–Crippen LogP) is 6.17. The molecule has 2 rings (SSSR count). The molecule has 0 N–H and O–H groups in total. The average Bonchev–Trinajstić information content (AvgIpc) is 2.72.